The molecule has 1 unspecified atom stereocenters. The second kappa shape index (κ2) is 2.21. The van der Waals surface area contributed by atoms with Crippen molar-refractivity contribution in [2.75, 3.05) is 0 Å². The molecule has 0 bridgehead atoms. The van der Waals surface area contributed by atoms with Gasteiger partial charge in [0.1, 0.15) is 0 Å². The highest BCUT2D eigenvalue weighted by Crippen LogP contribution is 2.37. The summed E-state index contributed by atoms with van der Waals surface area (Å²) in [4.78, 5) is 4.96. The largest absolute Gasteiger partial charge is 0.360 e. The molecule has 3 heteroatoms. The van der Waals surface area contributed by atoms with Gasteiger partial charge >= 0.3 is 0 Å². The number of hydrogen-bond donors (Lipinski definition) is 1. The van der Waals surface area contributed by atoms with Crippen LogP contribution in [0.15, 0.2) is 5.16 Å². The van der Waals surface area contributed by atoms with Crippen molar-refractivity contribution in [2.45, 2.75) is 39.9 Å². The number of aliphatic hydroxyl groups is 1. The zero-order chi connectivity index (χ0) is 8.70. The van der Waals surface area contributed by atoms with Gasteiger partial charge in [-0.15, -0.1) is 0 Å². The zero-order valence-corrected chi connectivity index (χ0v) is 7.51. The van der Waals surface area contributed by atoms with Crippen molar-refractivity contribution in [3.05, 3.63) is 0 Å². The lowest BCUT2D eigenvalue weighted by Gasteiger charge is -2.33. The SMILES string of the molecule is CC1=NOC(O)(C(C)(C)C)C1. The molecular weight excluding hydrogens is 142 g/mol. The highest BCUT2D eigenvalue weighted by molar-refractivity contribution is 5.83. The highest BCUT2D eigenvalue weighted by Gasteiger charge is 2.46. The summed E-state index contributed by atoms with van der Waals surface area (Å²) in [5.74, 6) is -1.10. The van der Waals surface area contributed by atoms with Gasteiger partial charge in [-0.3, -0.25) is 0 Å². The fourth-order valence-electron chi connectivity index (χ4n) is 0.967. The maximum atomic E-state index is 9.86. The molecule has 1 heterocycles. The van der Waals surface area contributed by atoms with Crippen LogP contribution < -0.4 is 0 Å². The van der Waals surface area contributed by atoms with Gasteiger partial charge in [0.2, 0.25) is 5.79 Å². The predicted molar refractivity (Wildman–Crippen MR) is 43.2 cm³/mol. The minimum absolute atomic E-state index is 0.283. The van der Waals surface area contributed by atoms with E-state index in [0.717, 1.165) is 5.71 Å². The standard InChI is InChI=1S/C8H15NO2/c1-6-5-8(10,11-9-6)7(2,3)4/h10H,5H2,1-4H3. The summed E-state index contributed by atoms with van der Waals surface area (Å²) < 4.78 is 0. The van der Waals surface area contributed by atoms with E-state index in [0.29, 0.717) is 6.42 Å². The summed E-state index contributed by atoms with van der Waals surface area (Å²) in [6, 6.07) is 0. The molecule has 0 aliphatic carbocycles. The maximum Gasteiger partial charge on any atom is 0.244 e. The van der Waals surface area contributed by atoms with E-state index in [1.807, 2.05) is 27.7 Å². The maximum absolute atomic E-state index is 9.86. The van der Waals surface area contributed by atoms with Crippen LogP contribution in [0.1, 0.15) is 34.1 Å². The van der Waals surface area contributed by atoms with Crippen molar-refractivity contribution in [3.8, 4) is 0 Å². The Morgan fingerprint density at radius 3 is 2.27 bits per heavy atom. The third-order valence-corrected chi connectivity index (χ3v) is 2.02. The first-order valence-electron chi connectivity index (χ1n) is 3.79. The molecule has 0 aromatic heterocycles. The molecule has 1 N–H and O–H groups in total. The van der Waals surface area contributed by atoms with E-state index in [1.54, 1.807) is 0 Å². The van der Waals surface area contributed by atoms with Crippen molar-refractivity contribution in [2.24, 2.45) is 10.6 Å². The summed E-state index contributed by atoms with van der Waals surface area (Å²) in [7, 11) is 0. The number of rotatable bonds is 0. The molecule has 1 atom stereocenters. The van der Waals surface area contributed by atoms with E-state index in [1.165, 1.54) is 0 Å². The molecule has 64 valence electrons. The monoisotopic (exact) mass is 157 g/mol. The molecule has 0 radical (unpaired) electrons. The molecule has 1 aliphatic heterocycles. The molecule has 11 heavy (non-hydrogen) atoms. The summed E-state index contributed by atoms with van der Waals surface area (Å²) in [6.45, 7) is 7.65. The Balaban J connectivity index is 2.74. The van der Waals surface area contributed by atoms with Crippen LogP contribution in [-0.2, 0) is 4.84 Å². The van der Waals surface area contributed by atoms with Crippen molar-refractivity contribution in [1.82, 2.24) is 0 Å². The average Bonchev–Trinajstić information content (AvgIpc) is 2.10. The topological polar surface area (TPSA) is 41.8 Å². The van der Waals surface area contributed by atoms with Crippen LogP contribution >= 0.6 is 0 Å². The first-order chi connectivity index (χ1) is 4.85. The molecule has 0 aromatic carbocycles. The molecule has 1 aliphatic rings. The lowest BCUT2D eigenvalue weighted by molar-refractivity contribution is -0.244. The summed E-state index contributed by atoms with van der Waals surface area (Å²) in [6.07, 6.45) is 0.510. The molecule has 0 spiro atoms. The van der Waals surface area contributed by atoms with Crippen LogP contribution in [0.5, 0.6) is 0 Å². The van der Waals surface area contributed by atoms with Gasteiger partial charge < -0.3 is 9.94 Å². The number of oxime groups is 1. The second-order valence-electron chi connectivity index (χ2n) is 4.13. The van der Waals surface area contributed by atoms with Gasteiger partial charge in [-0.05, 0) is 6.92 Å². The van der Waals surface area contributed by atoms with E-state index in [9.17, 15) is 5.11 Å². The highest BCUT2D eigenvalue weighted by atomic mass is 16.7. The van der Waals surface area contributed by atoms with Crippen LogP contribution in [0.25, 0.3) is 0 Å². The normalized spacial score (nSPS) is 31.5. The minimum Gasteiger partial charge on any atom is -0.360 e. The van der Waals surface area contributed by atoms with Gasteiger partial charge in [-0.2, -0.15) is 0 Å². The first kappa shape index (κ1) is 8.53. The smallest absolute Gasteiger partial charge is 0.244 e. The Morgan fingerprint density at radius 2 is 2.09 bits per heavy atom. The zero-order valence-electron chi connectivity index (χ0n) is 7.51. The summed E-state index contributed by atoms with van der Waals surface area (Å²) in [5, 5.41) is 13.6. The van der Waals surface area contributed by atoms with E-state index < -0.39 is 5.79 Å². The van der Waals surface area contributed by atoms with E-state index >= 15 is 0 Å². The fourth-order valence-corrected chi connectivity index (χ4v) is 0.967. The van der Waals surface area contributed by atoms with Crippen LogP contribution in [0.3, 0.4) is 0 Å². The number of nitrogens with zero attached hydrogens (tertiary/aromatic N) is 1. The van der Waals surface area contributed by atoms with Gasteiger partial charge in [-0.25, -0.2) is 0 Å². The average molecular weight is 157 g/mol. The summed E-state index contributed by atoms with van der Waals surface area (Å²) in [5.41, 5.74) is 0.566. The molecule has 3 nitrogen and oxygen atoms in total. The van der Waals surface area contributed by atoms with Crippen molar-refractivity contribution in [3.63, 3.8) is 0 Å². The third kappa shape index (κ3) is 1.38. The van der Waals surface area contributed by atoms with Gasteiger partial charge in [0.15, 0.2) is 0 Å². The Morgan fingerprint density at radius 1 is 1.55 bits per heavy atom. The quantitative estimate of drug-likeness (QED) is 0.579. The fraction of sp³-hybridized carbons (Fsp3) is 0.875. The third-order valence-electron chi connectivity index (χ3n) is 2.02. The van der Waals surface area contributed by atoms with Gasteiger partial charge in [-0.1, -0.05) is 25.9 Å². The molecule has 0 saturated heterocycles. The molecular formula is C8H15NO2. The predicted octanol–water partition coefficient (Wildman–Crippen LogP) is 1.52. The Kier molecular flexibility index (Phi) is 1.71. The lowest BCUT2D eigenvalue weighted by atomic mass is 9.83. The minimum atomic E-state index is -1.10. The van der Waals surface area contributed by atoms with Gasteiger partial charge in [0.05, 0.1) is 12.1 Å². The molecule has 0 amide bonds. The van der Waals surface area contributed by atoms with Gasteiger partial charge in [0.25, 0.3) is 0 Å². The van der Waals surface area contributed by atoms with Crippen molar-refractivity contribution < 1.29 is 9.94 Å². The second-order valence-corrected chi connectivity index (χ2v) is 4.13. The number of hydrogen-bond acceptors (Lipinski definition) is 3. The first-order valence-corrected chi connectivity index (χ1v) is 3.79. The lowest BCUT2D eigenvalue weighted by Crippen LogP contribution is -2.42. The van der Waals surface area contributed by atoms with Crippen molar-refractivity contribution in [1.29, 1.82) is 0 Å². The Hall–Kier alpha value is -0.570. The van der Waals surface area contributed by atoms with Crippen LogP contribution in [-0.4, -0.2) is 16.6 Å². The summed E-state index contributed by atoms with van der Waals surface area (Å²) >= 11 is 0. The molecule has 0 fully saturated rings. The Labute approximate surface area is 67.0 Å². The van der Waals surface area contributed by atoms with E-state index in [2.05, 4.69) is 5.16 Å². The van der Waals surface area contributed by atoms with Gasteiger partial charge in [0, 0.05) is 5.41 Å². The van der Waals surface area contributed by atoms with E-state index in [4.69, 9.17) is 4.84 Å². The van der Waals surface area contributed by atoms with Crippen molar-refractivity contribution >= 4 is 5.71 Å². The Bertz CT molecular complexity index is 193. The molecule has 0 aromatic rings. The van der Waals surface area contributed by atoms with E-state index in [-0.39, 0.29) is 5.41 Å². The molecule has 1 rings (SSSR count). The van der Waals surface area contributed by atoms with Crippen LogP contribution in [0, 0.1) is 5.41 Å². The van der Waals surface area contributed by atoms with Crippen LogP contribution in [0.4, 0.5) is 0 Å². The molecule has 0 saturated carbocycles. The van der Waals surface area contributed by atoms with Crippen LogP contribution in [0.2, 0.25) is 0 Å².